The smallest absolute Gasteiger partial charge is 0.336 e. The van der Waals surface area contributed by atoms with Gasteiger partial charge in [-0.3, -0.25) is 0 Å². The van der Waals surface area contributed by atoms with Gasteiger partial charge in [0.1, 0.15) is 0 Å². The maximum absolute atomic E-state index is 12.5. The van der Waals surface area contributed by atoms with Crippen LogP contribution in [0.5, 0.6) is 6.01 Å². The average Bonchev–Trinajstić information content (AvgIpc) is 2.93. The lowest BCUT2D eigenvalue weighted by Crippen LogP contribution is -2.14. The molecule has 3 aromatic rings. The molecule has 8 heteroatoms. The number of aromatic nitrogens is 3. The van der Waals surface area contributed by atoms with Crippen molar-refractivity contribution < 1.29 is 13.2 Å². The monoisotopic (exact) mass is 304 g/mol. The fraction of sp³-hybridized carbons (Fsp3) is 0.0769. The molecule has 0 saturated carbocycles. The van der Waals surface area contributed by atoms with Crippen LogP contribution in [-0.4, -0.2) is 30.7 Å². The Bertz CT molecular complexity index is 884. The third-order valence-electron chi connectivity index (χ3n) is 2.92. The van der Waals surface area contributed by atoms with E-state index >= 15 is 0 Å². The summed E-state index contributed by atoms with van der Waals surface area (Å²) in [5.74, 6) is -0.000200. The first-order valence-electron chi connectivity index (χ1n) is 6.07. The number of aromatic amines is 1. The zero-order valence-corrected chi connectivity index (χ0v) is 11.9. The van der Waals surface area contributed by atoms with E-state index in [9.17, 15) is 8.42 Å². The lowest BCUT2D eigenvalue weighted by molar-refractivity contribution is 0.382. The van der Waals surface area contributed by atoms with Gasteiger partial charge in [-0.1, -0.05) is 36.4 Å². The van der Waals surface area contributed by atoms with Crippen molar-refractivity contribution in [1.29, 1.82) is 0 Å². The lowest BCUT2D eigenvalue weighted by Gasteiger charge is -2.08. The molecule has 0 atom stereocenters. The standard InChI is InChI=1S/C13H12N4O3S/c1-20-13-14-12(15-16-13)17-21(18,19)11-8-4-6-9-5-2-3-7-10(9)11/h2-8H,1H3,(H2,14,15,16,17). The largest absolute Gasteiger partial charge is 0.466 e. The van der Waals surface area contributed by atoms with Gasteiger partial charge >= 0.3 is 6.01 Å². The lowest BCUT2D eigenvalue weighted by atomic mass is 10.1. The summed E-state index contributed by atoms with van der Waals surface area (Å²) >= 11 is 0. The average molecular weight is 304 g/mol. The van der Waals surface area contributed by atoms with Crippen molar-refractivity contribution in [2.45, 2.75) is 4.90 Å². The Balaban J connectivity index is 2.04. The second-order valence-corrected chi connectivity index (χ2v) is 5.90. The third kappa shape index (κ3) is 2.52. The van der Waals surface area contributed by atoms with Crippen LogP contribution in [0.25, 0.3) is 10.8 Å². The molecule has 108 valence electrons. The number of anilines is 1. The second kappa shape index (κ2) is 5.06. The molecule has 3 rings (SSSR count). The molecule has 0 aliphatic carbocycles. The molecular weight excluding hydrogens is 292 g/mol. The van der Waals surface area contributed by atoms with E-state index < -0.39 is 10.0 Å². The second-order valence-electron chi connectivity index (χ2n) is 4.25. The number of rotatable bonds is 4. The molecule has 21 heavy (non-hydrogen) atoms. The number of sulfonamides is 1. The number of fused-ring (bicyclic) bond motifs is 1. The zero-order valence-electron chi connectivity index (χ0n) is 11.1. The number of ether oxygens (including phenoxy) is 1. The van der Waals surface area contributed by atoms with Gasteiger partial charge in [0.25, 0.3) is 10.0 Å². The van der Waals surface area contributed by atoms with Crippen molar-refractivity contribution >= 4 is 26.7 Å². The molecule has 1 heterocycles. The van der Waals surface area contributed by atoms with E-state index in [0.717, 1.165) is 5.39 Å². The summed E-state index contributed by atoms with van der Waals surface area (Å²) in [6.07, 6.45) is 0. The Hall–Kier alpha value is -2.61. The van der Waals surface area contributed by atoms with Gasteiger partial charge < -0.3 is 4.74 Å². The molecule has 0 aliphatic heterocycles. The molecule has 0 unspecified atom stereocenters. The fourth-order valence-corrected chi connectivity index (χ4v) is 3.18. The number of nitrogens with zero attached hydrogens (tertiary/aromatic N) is 2. The topological polar surface area (TPSA) is 97.0 Å². The highest BCUT2D eigenvalue weighted by molar-refractivity contribution is 7.93. The van der Waals surface area contributed by atoms with Gasteiger partial charge in [-0.2, -0.15) is 4.98 Å². The van der Waals surface area contributed by atoms with E-state index in [2.05, 4.69) is 19.9 Å². The van der Waals surface area contributed by atoms with Crippen molar-refractivity contribution in [2.75, 3.05) is 11.8 Å². The predicted octanol–water partition coefficient (Wildman–Crippen LogP) is 1.77. The Labute approximate surface area is 121 Å². The fourth-order valence-electron chi connectivity index (χ4n) is 2.00. The summed E-state index contributed by atoms with van der Waals surface area (Å²) < 4.78 is 32.1. The number of H-pyrrole nitrogens is 1. The number of hydrogen-bond acceptors (Lipinski definition) is 5. The molecule has 0 spiro atoms. The normalized spacial score (nSPS) is 11.5. The van der Waals surface area contributed by atoms with Crippen LogP contribution in [-0.2, 0) is 10.0 Å². The highest BCUT2D eigenvalue weighted by Gasteiger charge is 2.19. The first-order valence-corrected chi connectivity index (χ1v) is 7.55. The molecule has 7 nitrogen and oxygen atoms in total. The van der Waals surface area contributed by atoms with E-state index in [1.54, 1.807) is 18.2 Å². The summed E-state index contributed by atoms with van der Waals surface area (Å²) in [6, 6.07) is 12.4. The van der Waals surface area contributed by atoms with Crippen LogP contribution in [0, 0.1) is 0 Å². The van der Waals surface area contributed by atoms with Crippen molar-refractivity contribution in [3.63, 3.8) is 0 Å². The summed E-state index contributed by atoms with van der Waals surface area (Å²) in [5.41, 5.74) is 0. The van der Waals surface area contributed by atoms with E-state index in [1.165, 1.54) is 13.2 Å². The first kappa shape index (κ1) is 13.4. The predicted molar refractivity (Wildman–Crippen MR) is 77.7 cm³/mol. The SMILES string of the molecule is COc1n[nH]c(NS(=O)(=O)c2cccc3ccccc23)n1. The first-order chi connectivity index (χ1) is 10.1. The van der Waals surface area contributed by atoms with Gasteiger partial charge in [-0.15, -0.1) is 5.10 Å². The van der Waals surface area contributed by atoms with Gasteiger partial charge in [-0.05, 0) is 11.5 Å². The van der Waals surface area contributed by atoms with Crippen LogP contribution in [0.15, 0.2) is 47.4 Å². The van der Waals surface area contributed by atoms with Crippen molar-refractivity contribution in [3.05, 3.63) is 42.5 Å². The quantitative estimate of drug-likeness (QED) is 0.765. The van der Waals surface area contributed by atoms with Crippen LogP contribution in [0.4, 0.5) is 5.95 Å². The minimum absolute atomic E-state index is 0.000200. The Morgan fingerprint density at radius 1 is 1.14 bits per heavy atom. The van der Waals surface area contributed by atoms with E-state index in [0.29, 0.717) is 5.39 Å². The molecule has 0 amide bonds. The zero-order chi connectivity index (χ0) is 14.9. The van der Waals surface area contributed by atoms with Gasteiger partial charge in [0, 0.05) is 5.39 Å². The van der Waals surface area contributed by atoms with E-state index in [4.69, 9.17) is 4.74 Å². The number of methoxy groups -OCH3 is 1. The summed E-state index contributed by atoms with van der Waals surface area (Å²) in [4.78, 5) is 4.02. The number of nitrogens with one attached hydrogen (secondary N) is 2. The van der Waals surface area contributed by atoms with Gasteiger partial charge in [0.15, 0.2) is 0 Å². The minimum Gasteiger partial charge on any atom is -0.466 e. The minimum atomic E-state index is -3.77. The molecule has 1 aromatic heterocycles. The Kier molecular flexibility index (Phi) is 3.22. The van der Waals surface area contributed by atoms with Crippen molar-refractivity contribution in [1.82, 2.24) is 15.2 Å². The molecular formula is C13H12N4O3S. The van der Waals surface area contributed by atoms with Crippen molar-refractivity contribution in [3.8, 4) is 6.01 Å². The van der Waals surface area contributed by atoms with Crippen LogP contribution < -0.4 is 9.46 Å². The Morgan fingerprint density at radius 2 is 1.90 bits per heavy atom. The molecule has 0 radical (unpaired) electrons. The number of benzene rings is 2. The summed E-state index contributed by atoms with van der Waals surface area (Å²) in [7, 11) is -2.38. The van der Waals surface area contributed by atoms with E-state index in [-0.39, 0.29) is 16.9 Å². The molecule has 2 N–H and O–H groups in total. The molecule has 2 aromatic carbocycles. The highest BCUT2D eigenvalue weighted by Crippen LogP contribution is 2.24. The van der Waals surface area contributed by atoms with Crippen LogP contribution >= 0.6 is 0 Å². The third-order valence-corrected chi connectivity index (χ3v) is 4.31. The van der Waals surface area contributed by atoms with Gasteiger partial charge in [0.05, 0.1) is 12.0 Å². The molecule has 0 bridgehead atoms. The molecule has 0 saturated heterocycles. The van der Waals surface area contributed by atoms with Crippen LogP contribution in [0.1, 0.15) is 0 Å². The Morgan fingerprint density at radius 3 is 2.67 bits per heavy atom. The van der Waals surface area contributed by atoms with Gasteiger partial charge in [-0.25, -0.2) is 18.2 Å². The van der Waals surface area contributed by atoms with Crippen LogP contribution in [0.3, 0.4) is 0 Å². The highest BCUT2D eigenvalue weighted by atomic mass is 32.2. The van der Waals surface area contributed by atoms with Crippen LogP contribution in [0.2, 0.25) is 0 Å². The summed E-state index contributed by atoms with van der Waals surface area (Å²) in [6.45, 7) is 0. The molecule has 0 fully saturated rings. The van der Waals surface area contributed by atoms with Gasteiger partial charge in [0.2, 0.25) is 5.95 Å². The maximum Gasteiger partial charge on any atom is 0.336 e. The number of hydrogen-bond donors (Lipinski definition) is 2. The molecule has 0 aliphatic rings. The van der Waals surface area contributed by atoms with E-state index in [1.807, 2.05) is 18.2 Å². The van der Waals surface area contributed by atoms with Crippen molar-refractivity contribution in [2.24, 2.45) is 0 Å². The summed E-state index contributed by atoms with van der Waals surface area (Å²) in [5, 5.41) is 7.62. The maximum atomic E-state index is 12.5.